The predicted molar refractivity (Wildman–Crippen MR) is 131 cm³/mol. The first kappa shape index (κ1) is 21.7. The molecule has 2 aliphatic rings. The third-order valence-electron chi connectivity index (χ3n) is 6.04. The van der Waals surface area contributed by atoms with Crippen molar-refractivity contribution in [2.45, 2.75) is 39.0 Å². The van der Waals surface area contributed by atoms with Gasteiger partial charge < -0.3 is 29.4 Å². The highest BCUT2D eigenvalue weighted by Crippen LogP contribution is 2.33. The molecule has 8 heteroatoms. The summed E-state index contributed by atoms with van der Waals surface area (Å²) in [4.78, 5) is 17.9. The zero-order chi connectivity index (χ0) is 22.8. The Morgan fingerprint density at radius 1 is 1.15 bits per heavy atom. The molecule has 2 aromatic carbocycles. The molecule has 1 saturated heterocycles. The van der Waals surface area contributed by atoms with Crippen LogP contribution in [-0.2, 0) is 17.8 Å². The molecule has 0 radical (unpaired) electrons. The van der Waals surface area contributed by atoms with Crippen LogP contribution in [0.1, 0.15) is 29.5 Å². The van der Waals surface area contributed by atoms with Crippen LogP contribution < -0.4 is 20.3 Å². The lowest BCUT2D eigenvalue weighted by Crippen LogP contribution is -2.42. The Hall–Kier alpha value is -3.10. The standard InChI is InChI=1S/C25H27N3O4S/c1-16-4-6-21-18(9-16)11-19(24(29)27-21)14-28(25(33)26-12-20-3-2-8-30-20)13-17-5-7-22-23(10-17)32-15-31-22/h4-7,9-11,20H,2-3,8,12-15H2,1H3,(H,26,33)(H,27,29)/t20-/m1/s1. The second-order valence-electron chi connectivity index (χ2n) is 8.58. The van der Waals surface area contributed by atoms with Crippen molar-refractivity contribution in [3.8, 4) is 11.5 Å². The lowest BCUT2D eigenvalue weighted by atomic mass is 10.1. The van der Waals surface area contributed by atoms with Gasteiger partial charge in [-0.3, -0.25) is 4.79 Å². The van der Waals surface area contributed by atoms with E-state index in [4.69, 9.17) is 26.4 Å². The Balaban J connectivity index is 1.40. The lowest BCUT2D eigenvalue weighted by Gasteiger charge is -2.27. The van der Waals surface area contributed by atoms with Gasteiger partial charge >= 0.3 is 0 Å². The number of rotatable bonds is 6. The molecule has 0 amide bonds. The summed E-state index contributed by atoms with van der Waals surface area (Å²) < 4.78 is 16.7. The van der Waals surface area contributed by atoms with E-state index < -0.39 is 0 Å². The predicted octanol–water partition coefficient (Wildman–Crippen LogP) is 3.62. The van der Waals surface area contributed by atoms with Crippen LogP contribution in [-0.4, -0.2) is 41.0 Å². The molecule has 1 atom stereocenters. The summed E-state index contributed by atoms with van der Waals surface area (Å²) in [6.45, 7) is 4.63. The molecule has 0 aliphatic carbocycles. The number of aromatic nitrogens is 1. The second-order valence-corrected chi connectivity index (χ2v) is 8.97. The summed E-state index contributed by atoms with van der Waals surface area (Å²) in [6.07, 6.45) is 2.27. The maximum absolute atomic E-state index is 12.8. The van der Waals surface area contributed by atoms with Crippen LogP contribution in [0.4, 0.5) is 0 Å². The minimum absolute atomic E-state index is 0.107. The van der Waals surface area contributed by atoms with Crippen LogP contribution in [0, 0.1) is 6.92 Å². The molecule has 0 saturated carbocycles. The Morgan fingerprint density at radius 3 is 2.88 bits per heavy atom. The molecule has 0 spiro atoms. The molecular formula is C25H27N3O4S. The van der Waals surface area contributed by atoms with Crippen molar-refractivity contribution in [2.75, 3.05) is 19.9 Å². The van der Waals surface area contributed by atoms with E-state index in [-0.39, 0.29) is 18.5 Å². The average Bonchev–Trinajstić information content (AvgIpc) is 3.49. The molecule has 33 heavy (non-hydrogen) atoms. The number of nitrogens with one attached hydrogen (secondary N) is 2. The number of thiocarbonyl (C=S) groups is 1. The van der Waals surface area contributed by atoms with Crippen molar-refractivity contribution in [3.63, 3.8) is 0 Å². The first-order valence-electron chi connectivity index (χ1n) is 11.2. The largest absolute Gasteiger partial charge is 0.454 e. The molecule has 172 valence electrons. The summed E-state index contributed by atoms with van der Waals surface area (Å²) in [5, 5.41) is 4.94. The molecule has 2 N–H and O–H groups in total. The summed E-state index contributed by atoms with van der Waals surface area (Å²) in [6, 6.07) is 13.8. The molecule has 7 nitrogen and oxygen atoms in total. The van der Waals surface area contributed by atoms with Gasteiger partial charge in [-0.15, -0.1) is 0 Å². The number of benzene rings is 2. The third kappa shape index (κ3) is 4.96. The topological polar surface area (TPSA) is 75.8 Å². The first-order valence-corrected chi connectivity index (χ1v) is 11.6. The van der Waals surface area contributed by atoms with Crippen molar-refractivity contribution in [1.82, 2.24) is 15.2 Å². The Bertz CT molecular complexity index is 1240. The molecule has 3 heterocycles. The van der Waals surface area contributed by atoms with E-state index in [2.05, 4.69) is 16.4 Å². The summed E-state index contributed by atoms with van der Waals surface area (Å²) in [7, 11) is 0. The third-order valence-corrected chi connectivity index (χ3v) is 6.44. The highest BCUT2D eigenvalue weighted by Gasteiger charge is 2.20. The molecule has 3 aromatic rings. The quantitative estimate of drug-likeness (QED) is 0.539. The first-order chi connectivity index (χ1) is 16.0. The number of nitrogens with zero attached hydrogens (tertiary/aromatic N) is 1. The Morgan fingerprint density at radius 2 is 2.03 bits per heavy atom. The normalized spacial score (nSPS) is 16.8. The van der Waals surface area contributed by atoms with Crippen LogP contribution in [0.2, 0.25) is 0 Å². The number of aryl methyl sites for hydroxylation is 1. The van der Waals surface area contributed by atoms with Gasteiger partial charge in [0.15, 0.2) is 16.6 Å². The van der Waals surface area contributed by atoms with E-state index in [1.165, 1.54) is 0 Å². The number of ether oxygens (including phenoxy) is 3. The minimum Gasteiger partial charge on any atom is -0.454 e. The number of fused-ring (bicyclic) bond motifs is 2. The number of hydrogen-bond acceptors (Lipinski definition) is 5. The molecule has 1 aromatic heterocycles. The van der Waals surface area contributed by atoms with Crippen LogP contribution in [0.3, 0.4) is 0 Å². The second kappa shape index (κ2) is 9.41. The summed E-state index contributed by atoms with van der Waals surface area (Å²) in [5.41, 5.74) is 3.55. The highest BCUT2D eigenvalue weighted by atomic mass is 32.1. The molecular weight excluding hydrogens is 438 g/mol. The fourth-order valence-corrected chi connectivity index (χ4v) is 4.48. The molecule has 0 unspecified atom stereocenters. The highest BCUT2D eigenvalue weighted by molar-refractivity contribution is 7.80. The van der Waals surface area contributed by atoms with Crippen LogP contribution in [0.15, 0.2) is 47.3 Å². The van der Waals surface area contributed by atoms with Crippen LogP contribution in [0.25, 0.3) is 10.9 Å². The van der Waals surface area contributed by atoms with Gasteiger partial charge in [0.1, 0.15) is 0 Å². The number of H-pyrrole nitrogens is 1. The van der Waals surface area contributed by atoms with Crippen molar-refractivity contribution in [3.05, 3.63) is 69.5 Å². The SMILES string of the molecule is Cc1ccc2[nH]c(=O)c(CN(Cc3ccc4c(c3)OCO4)C(=S)NC[C@H]3CCCO3)cc2c1. The zero-order valence-electron chi connectivity index (χ0n) is 18.6. The van der Waals surface area contributed by atoms with E-state index >= 15 is 0 Å². The van der Waals surface area contributed by atoms with Gasteiger partial charge in [0.2, 0.25) is 6.79 Å². The average molecular weight is 466 g/mol. The molecule has 2 aliphatic heterocycles. The number of pyridine rings is 1. The van der Waals surface area contributed by atoms with Gasteiger partial charge in [-0.1, -0.05) is 17.7 Å². The summed E-state index contributed by atoms with van der Waals surface area (Å²) >= 11 is 5.76. The van der Waals surface area contributed by atoms with Crippen molar-refractivity contribution >= 4 is 28.2 Å². The van der Waals surface area contributed by atoms with Crippen molar-refractivity contribution in [2.24, 2.45) is 0 Å². The smallest absolute Gasteiger partial charge is 0.253 e. The zero-order valence-corrected chi connectivity index (χ0v) is 19.4. The molecule has 0 bridgehead atoms. The van der Waals surface area contributed by atoms with Gasteiger partial charge in [0, 0.05) is 30.8 Å². The monoisotopic (exact) mass is 465 g/mol. The molecule has 5 rings (SSSR count). The van der Waals surface area contributed by atoms with Gasteiger partial charge in [-0.05, 0) is 73.3 Å². The van der Waals surface area contributed by atoms with E-state index in [1.807, 2.05) is 48.2 Å². The van der Waals surface area contributed by atoms with Gasteiger partial charge in [0.25, 0.3) is 5.56 Å². The maximum Gasteiger partial charge on any atom is 0.253 e. The Labute approximate surface area is 197 Å². The van der Waals surface area contributed by atoms with Gasteiger partial charge in [-0.25, -0.2) is 0 Å². The van der Waals surface area contributed by atoms with E-state index in [0.717, 1.165) is 53.0 Å². The van der Waals surface area contributed by atoms with Gasteiger partial charge in [-0.2, -0.15) is 0 Å². The van der Waals surface area contributed by atoms with E-state index in [9.17, 15) is 4.79 Å². The van der Waals surface area contributed by atoms with E-state index in [0.29, 0.717) is 30.3 Å². The fourth-order valence-electron chi connectivity index (χ4n) is 4.27. The lowest BCUT2D eigenvalue weighted by molar-refractivity contribution is 0.113. The fraction of sp³-hybridized carbons (Fsp3) is 0.360. The minimum atomic E-state index is -0.107. The van der Waals surface area contributed by atoms with Crippen molar-refractivity contribution < 1.29 is 14.2 Å². The molecule has 1 fully saturated rings. The van der Waals surface area contributed by atoms with Crippen molar-refractivity contribution in [1.29, 1.82) is 0 Å². The number of aromatic amines is 1. The van der Waals surface area contributed by atoms with Crippen LogP contribution in [0.5, 0.6) is 11.5 Å². The summed E-state index contributed by atoms with van der Waals surface area (Å²) in [5.74, 6) is 1.47. The van der Waals surface area contributed by atoms with E-state index in [1.54, 1.807) is 0 Å². The number of hydrogen-bond donors (Lipinski definition) is 2. The maximum atomic E-state index is 12.8. The Kier molecular flexibility index (Phi) is 6.20. The van der Waals surface area contributed by atoms with Crippen LogP contribution >= 0.6 is 12.2 Å². The van der Waals surface area contributed by atoms with Gasteiger partial charge in [0.05, 0.1) is 12.6 Å².